The van der Waals surface area contributed by atoms with Crippen LogP contribution in [-0.4, -0.2) is 38.8 Å². The van der Waals surface area contributed by atoms with Crippen LogP contribution in [0.25, 0.3) is 0 Å². The highest BCUT2D eigenvalue weighted by atomic mass is 16.5. The van der Waals surface area contributed by atoms with Gasteiger partial charge in [-0.1, -0.05) is 13.8 Å². The Hall–Kier alpha value is -0.610. The summed E-state index contributed by atoms with van der Waals surface area (Å²) in [6.07, 6.45) is 1.94. The Morgan fingerprint density at radius 2 is 1.78 bits per heavy atom. The maximum absolute atomic E-state index is 10.7. The van der Waals surface area contributed by atoms with Gasteiger partial charge in [-0.25, -0.2) is 0 Å². The molecule has 1 amide bonds. The molecule has 0 saturated heterocycles. The molecule has 0 aliphatic rings. The van der Waals surface area contributed by atoms with Gasteiger partial charge in [0.05, 0.1) is 5.60 Å². The van der Waals surface area contributed by atoms with Crippen LogP contribution in [0, 0.1) is 5.92 Å². The SMILES string of the molecule is CC(=O)NCCC(C)(C)OCCC(C)C.CNC. The van der Waals surface area contributed by atoms with E-state index < -0.39 is 0 Å². The van der Waals surface area contributed by atoms with E-state index in [4.69, 9.17) is 4.74 Å². The molecule has 0 heterocycles. The normalized spacial score (nSPS) is 10.9. The van der Waals surface area contributed by atoms with Gasteiger partial charge in [0.15, 0.2) is 0 Å². The Kier molecular flexibility index (Phi) is 12.6. The van der Waals surface area contributed by atoms with Gasteiger partial charge in [0.25, 0.3) is 0 Å². The van der Waals surface area contributed by atoms with Gasteiger partial charge < -0.3 is 15.4 Å². The van der Waals surface area contributed by atoms with E-state index in [-0.39, 0.29) is 11.5 Å². The summed E-state index contributed by atoms with van der Waals surface area (Å²) in [5, 5.41) is 5.53. The van der Waals surface area contributed by atoms with E-state index in [1.807, 2.05) is 14.1 Å². The summed E-state index contributed by atoms with van der Waals surface area (Å²) < 4.78 is 5.77. The molecule has 0 saturated carbocycles. The van der Waals surface area contributed by atoms with Crippen molar-refractivity contribution < 1.29 is 9.53 Å². The second-order valence-corrected chi connectivity index (χ2v) is 5.52. The molecular formula is C14H32N2O2. The molecule has 4 nitrogen and oxygen atoms in total. The Labute approximate surface area is 113 Å². The van der Waals surface area contributed by atoms with Gasteiger partial charge in [-0.2, -0.15) is 0 Å². The van der Waals surface area contributed by atoms with Crippen molar-refractivity contribution in [3.63, 3.8) is 0 Å². The number of nitrogens with one attached hydrogen (secondary N) is 2. The quantitative estimate of drug-likeness (QED) is 0.738. The lowest BCUT2D eigenvalue weighted by molar-refractivity contribution is -0.119. The van der Waals surface area contributed by atoms with Crippen molar-refractivity contribution in [3.05, 3.63) is 0 Å². The van der Waals surface area contributed by atoms with Gasteiger partial charge in [0.1, 0.15) is 0 Å². The molecular weight excluding hydrogens is 228 g/mol. The zero-order valence-electron chi connectivity index (χ0n) is 13.2. The molecule has 4 heteroatoms. The van der Waals surface area contributed by atoms with Gasteiger partial charge in [-0.05, 0) is 46.7 Å². The molecule has 0 spiro atoms. The van der Waals surface area contributed by atoms with E-state index in [9.17, 15) is 4.79 Å². The summed E-state index contributed by atoms with van der Waals surface area (Å²) in [4.78, 5) is 10.7. The average molecular weight is 260 g/mol. The van der Waals surface area contributed by atoms with Crippen LogP contribution in [0.1, 0.15) is 47.5 Å². The largest absolute Gasteiger partial charge is 0.375 e. The predicted octanol–water partition coefficient (Wildman–Crippen LogP) is 2.19. The van der Waals surface area contributed by atoms with Crippen LogP contribution in [0.15, 0.2) is 0 Å². The average Bonchev–Trinajstić information content (AvgIpc) is 2.16. The van der Waals surface area contributed by atoms with E-state index in [2.05, 4.69) is 38.3 Å². The van der Waals surface area contributed by atoms with E-state index >= 15 is 0 Å². The number of rotatable bonds is 7. The van der Waals surface area contributed by atoms with Crippen molar-refractivity contribution in [1.29, 1.82) is 0 Å². The lowest BCUT2D eigenvalue weighted by Crippen LogP contribution is -2.32. The standard InChI is InChI=1S/C12H25NO2.C2H7N/c1-10(2)6-9-15-12(4,5)7-8-13-11(3)14;1-3-2/h10H,6-9H2,1-5H3,(H,13,14);3H,1-2H3. The molecule has 0 atom stereocenters. The highest BCUT2D eigenvalue weighted by Crippen LogP contribution is 2.15. The maximum Gasteiger partial charge on any atom is 0.216 e. The van der Waals surface area contributed by atoms with Crippen LogP contribution in [0.5, 0.6) is 0 Å². The Morgan fingerprint density at radius 3 is 2.17 bits per heavy atom. The van der Waals surface area contributed by atoms with Crippen LogP contribution in [0.4, 0.5) is 0 Å². The first-order valence-corrected chi connectivity index (χ1v) is 6.72. The Bertz CT molecular complexity index is 204. The summed E-state index contributed by atoms with van der Waals surface area (Å²) in [6.45, 7) is 11.5. The van der Waals surface area contributed by atoms with Crippen LogP contribution in [-0.2, 0) is 9.53 Å². The Morgan fingerprint density at radius 1 is 1.28 bits per heavy atom. The lowest BCUT2D eigenvalue weighted by atomic mass is 10.0. The molecule has 18 heavy (non-hydrogen) atoms. The summed E-state index contributed by atoms with van der Waals surface area (Å²) in [5.41, 5.74) is -0.142. The van der Waals surface area contributed by atoms with Gasteiger partial charge in [0.2, 0.25) is 5.91 Å². The maximum atomic E-state index is 10.7. The summed E-state index contributed by atoms with van der Waals surface area (Å²) in [7, 11) is 3.75. The molecule has 0 radical (unpaired) electrons. The van der Waals surface area contributed by atoms with Gasteiger partial charge in [-0.15, -0.1) is 0 Å². The van der Waals surface area contributed by atoms with Gasteiger partial charge in [-0.3, -0.25) is 4.79 Å². The van der Waals surface area contributed by atoms with Crippen LogP contribution < -0.4 is 10.6 Å². The second-order valence-electron chi connectivity index (χ2n) is 5.52. The summed E-state index contributed by atoms with van der Waals surface area (Å²) in [6, 6.07) is 0. The summed E-state index contributed by atoms with van der Waals surface area (Å²) >= 11 is 0. The molecule has 0 aliphatic heterocycles. The van der Waals surface area contributed by atoms with Crippen LogP contribution in [0.2, 0.25) is 0 Å². The minimum atomic E-state index is -0.142. The van der Waals surface area contributed by atoms with Gasteiger partial charge >= 0.3 is 0 Å². The number of hydrogen-bond donors (Lipinski definition) is 2. The summed E-state index contributed by atoms with van der Waals surface area (Å²) in [5.74, 6) is 0.698. The number of amides is 1. The van der Waals surface area contributed by atoms with Crippen molar-refractivity contribution in [3.8, 4) is 0 Å². The van der Waals surface area contributed by atoms with Crippen LogP contribution in [0.3, 0.4) is 0 Å². The smallest absolute Gasteiger partial charge is 0.216 e. The fraction of sp³-hybridized carbons (Fsp3) is 0.929. The third-order valence-corrected chi connectivity index (χ3v) is 2.29. The molecule has 0 aromatic rings. The van der Waals surface area contributed by atoms with Crippen molar-refractivity contribution >= 4 is 5.91 Å². The van der Waals surface area contributed by atoms with Crippen molar-refractivity contribution in [1.82, 2.24) is 10.6 Å². The second kappa shape index (κ2) is 11.5. The van der Waals surface area contributed by atoms with Crippen LogP contribution >= 0.6 is 0 Å². The molecule has 0 aromatic heterocycles. The third kappa shape index (κ3) is 17.8. The Balaban J connectivity index is 0. The lowest BCUT2D eigenvalue weighted by Gasteiger charge is -2.25. The number of carbonyl (C=O) groups excluding carboxylic acids is 1. The topological polar surface area (TPSA) is 50.4 Å². The van der Waals surface area contributed by atoms with E-state index in [1.54, 1.807) is 0 Å². The first-order chi connectivity index (χ1) is 8.25. The predicted molar refractivity (Wildman–Crippen MR) is 77.8 cm³/mol. The fourth-order valence-electron chi connectivity index (χ4n) is 1.18. The van der Waals surface area contributed by atoms with Crippen molar-refractivity contribution in [2.75, 3.05) is 27.2 Å². The van der Waals surface area contributed by atoms with Gasteiger partial charge in [0, 0.05) is 20.1 Å². The third-order valence-electron chi connectivity index (χ3n) is 2.29. The monoisotopic (exact) mass is 260 g/mol. The highest BCUT2D eigenvalue weighted by molar-refractivity contribution is 5.72. The molecule has 0 aromatic carbocycles. The molecule has 0 rings (SSSR count). The minimum absolute atomic E-state index is 0.0213. The molecule has 0 bridgehead atoms. The number of carbonyl (C=O) groups is 1. The molecule has 2 N–H and O–H groups in total. The zero-order valence-corrected chi connectivity index (χ0v) is 13.2. The zero-order chi connectivity index (χ0) is 14.6. The molecule has 0 fully saturated rings. The van der Waals surface area contributed by atoms with Crippen molar-refractivity contribution in [2.45, 2.75) is 53.1 Å². The molecule has 110 valence electrons. The minimum Gasteiger partial charge on any atom is -0.375 e. The first-order valence-electron chi connectivity index (χ1n) is 6.72. The van der Waals surface area contributed by atoms with E-state index in [1.165, 1.54) is 6.92 Å². The molecule has 0 aliphatic carbocycles. The highest BCUT2D eigenvalue weighted by Gasteiger charge is 2.17. The van der Waals surface area contributed by atoms with E-state index in [0.29, 0.717) is 12.5 Å². The first kappa shape index (κ1) is 19.7. The van der Waals surface area contributed by atoms with E-state index in [0.717, 1.165) is 19.4 Å². The number of ether oxygens (including phenoxy) is 1. The number of hydrogen-bond acceptors (Lipinski definition) is 3. The van der Waals surface area contributed by atoms with Crippen molar-refractivity contribution in [2.24, 2.45) is 5.92 Å². The fourth-order valence-corrected chi connectivity index (χ4v) is 1.18. The molecule has 0 unspecified atom stereocenters.